The first-order valence-electron chi connectivity index (χ1n) is 6.28. The molecule has 3 heterocycles. The van der Waals surface area contributed by atoms with Crippen molar-refractivity contribution in [2.75, 3.05) is 0 Å². The average molecular weight is 272 g/mol. The molecule has 1 saturated carbocycles. The molecule has 4 rings (SSSR count). The van der Waals surface area contributed by atoms with E-state index in [2.05, 4.69) is 26.5 Å². The molecule has 1 aliphatic rings. The second-order valence-corrected chi connectivity index (χ2v) is 5.64. The quantitative estimate of drug-likeness (QED) is 0.791. The summed E-state index contributed by atoms with van der Waals surface area (Å²) in [5.74, 6) is 1.24. The normalized spacial score (nSPS) is 15.2. The van der Waals surface area contributed by atoms with Gasteiger partial charge < -0.3 is 9.84 Å². The van der Waals surface area contributed by atoms with Gasteiger partial charge in [0, 0.05) is 17.8 Å². The van der Waals surface area contributed by atoms with Crippen LogP contribution in [0.3, 0.4) is 0 Å². The van der Waals surface area contributed by atoms with Gasteiger partial charge in [0.2, 0.25) is 11.7 Å². The van der Waals surface area contributed by atoms with Gasteiger partial charge in [-0.05, 0) is 30.4 Å². The van der Waals surface area contributed by atoms with Crippen LogP contribution in [0.4, 0.5) is 0 Å². The second kappa shape index (κ2) is 4.40. The fourth-order valence-corrected chi connectivity index (χ4v) is 2.71. The van der Waals surface area contributed by atoms with Crippen LogP contribution < -0.4 is 5.32 Å². The summed E-state index contributed by atoms with van der Waals surface area (Å²) in [5.41, 5.74) is 1.91. The third kappa shape index (κ3) is 2.24. The van der Waals surface area contributed by atoms with Gasteiger partial charge in [-0.1, -0.05) is 5.16 Å². The van der Waals surface area contributed by atoms with E-state index in [1.54, 1.807) is 17.5 Å². The maximum absolute atomic E-state index is 5.24. The Morgan fingerprint density at radius 1 is 1.42 bits per heavy atom. The van der Waals surface area contributed by atoms with Crippen molar-refractivity contribution >= 4 is 21.6 Å². The summed E-state index contributed by atoms with van der Waals surface area (Å²) in [5, 5.41) is 9.40. The number of nitrogens with zero attached hydrogens (tertiary/aromatic N) is 3. The van der Waals surface area contributed by atoms with Crippen molar-refractivity contribution in [3.63, 3.8) is 0 Å². The van der Waals surface area contributed by atoms with Crippen LogP contribution in [0.25, 0.3) is 21.6 Å². The molecule has 3 aromatic heterocycles. The molecule has 96 valence electrons. The Bertz CT molecular complexity index is 716. The Morgan fingerprint density at radius 3 is 3.26 bits per heavy atom. The lowest BCUT2D eigenvalue weighted by Crippen LogP contribution is -2.15. The van der Waals surface area contributed by atoms with Crippen LogP contribution in [0.5, 0.6) is 0 Å². The molecule has 1 aliphatic carbocycles. The van der Waals surface area contributed by atoms with E-state index in [-0.39, 0.29) is 0 Å². The summed E-state index contributed by atoms with van der Waals surface area (Å²) in [6.07, 6.45) is 4.29. The first-order chi connectivity index (χ1) is 9.38. The van der Waals surface area contributed by atoms with E-state index in [0.717, 1.165) is 15.8 Å². The molecule has 5 nitrogen and oxygen atoms in total. The molecule has 1 fully saturated rings. The Balaban J connectivity index is 1.59. The van der Waals surface area contributed by atoms with Crippen molar-refractivity contribution in [3.8, 4) is 11.4 Å². The van der Waals surface area contributed by atoms with Crippen molar-refractivity contribution < 1.29 is 4.52 Å². The molecule has 0 amide bonds. The van der Waals surface area contributed by atoms with Gasteiger partial charge in [0.05, 0.1) is 16.8 Å². The van der Waals surface area contributed by atoms with Gasteiger partial charge in [-0.25, -0.2) is 0 Å². The van der Waals surface area contributed by atoms with Gasteiger partial charge in [0.15, 0.2) is 0 Å². The molecule has 0 unspecified atom stereocenters. The number of thiophene rings is 1. The number of pyridine rings is 1. The van der Waals surface area contributed by atoms with Crippen LogP contribution >= 0.6 is 11.3 Å². The van der Waals surface area contributed by atoms with Crippen molar-refractivity contribution in [2.24, 2.45) is 0 Å². The van der Waals surface area contributed by atoms with Gasteiger partial charge in [-0.15, -0.1) is 11.3 Å². The van der Waals surface area contributed by atoms with E-state index in [9.17, 15) is 0 Å². The van der Waals surface area contributed by atoms with E-state index in [1.165, 1.54) is 12.8 Å². The first-order valence-corrected chi connectivity index (χ1v) is 7.16. The molecule has 0 spiro atoms. The molecule has 0 saturated heterocycles. The smallest absolute Gasteiger partial charge is 0.240 e. The fourth-order valence-electron chi connectivity index (χ4n) is 1.93. The predicted octanol–water partition coefficient (Wildman–Crippen LogP) is 2.60. The van der Waals surface area contributed by atoms with Crippen molar-refractivity contribution in [2.45, 2.75) is 25.4 Å². The zero-order chi connectivity index (χ0) is 12.7. The van der Waals surface area contributed by atoms with Crippen molar-refractivity contribution in [1.82, 2.24) is 20.4 Å². The molecular weight excluding hydrogens is 260 g/mol. The molecule has 0 aromatic carbocycles. The van der Waals surface area contributed by atoms with Crippen LogP contribution in [0, 0.1) is 0 Å². The van der Waals surface area contributed by atoms with Gasteiger partial charge in [0.1, 0.15) is 0 Å². The lowest BCUT2D eigenvalue weighted by Gasteiger charge is -1.95. The minimum atomic E-state index is 0.607. The van der Waals surface area contributed by atoms with Crippen molar-refractivity contribution in [3.05, 3.63) is 29.6 Å². The SMILES string of the molecule is c1cc2ncc(-c3noc(CNC4CC4)n3)cc2s1. The summed E-state index contributed by atoms with van der Waals surface area (Å²) in [4.78, 5) is 8.78. The average Bonchev–Trinajstić information content (AvgIpc) is 2.96. The number of aromatic nitrogens is 3. The fraction of sp³-hybridized carbons (Fsp3) is 0.308. The Hall–Kier alpha value is -1.79. The number of hydrogen-bond donors (Lipinski definition) is 1. The molecule has 0 atom stereocenters. The summed E-state index contributed by atoms with van der Waals surface area (Å²) < 4.78 is 6.38. The van der Waals surface area contributed by atoms with Crippen LogP contribution in [0.2, 0.25) is 0 Å². The van der Waals surface area contributed by atoms with E-state index < -0.39 is 0 Å². The van der Waals surface area contributed by atoms with Crippen LogP contribution in [-0.4, -0.2) is 21.2 Å². The minimum Gasteiger partial charge on any atom is -0.338 e. The van der Waals surface area contributed by atoms with Crippen LogP contribution in [0.1, 0.15) is 18.7 Å². The van der Waals surface area contributed by atoms with Crippen molar-refractivity contribution in [1.29, 1.82) is 0 Å². The highest BCUT2D eigenvalue weighted by atomic mass is 32.1. The lowest BCUT2D eigenvalue weighted by molar-refractivity contribution is 0.367. The number of fused-ring (bicyclic) bond motifs is 1. The van der Waals surface area contributed by atoms with Gasteiger partial charge >= 0.3 is 0 Å². The molecular formula is C13H12N4OS. The monoisotopic (exact) mass is 272 g/mol. The predicted molar refractivity (Wildman–Crippen MR) is 72.8 cm³/mol. The molecule has 1 N–H and O–H groups in total. The molecule has 3 aromatic rings. The zero-order valence-electron chi connectivity index (χ0n) is 10.2. The van der Waals surface area contributed by atoms with Crippen LogP contribution in [0.15, 0.2) is 28.2 Å². The van der Waals surface area contributed by atoms with Gasteiger partial charge in [0.25, 0.3) is 0 Å². The summed E-state index contributed by atoms with van der Waals surface area (Å²) in [7, 11) is 0. The molecule has 0 aliphatic heterocycles. The third-order valence-corrected chi connectivity index (χ3v) is 4.00. The maximum atomic E-state index is 5.24. The second-order valence-electron chi connectivity index (χ2n) is 4.69. The number of rotatable bonds is 4. The van der Waals surface area contributed by atoms with E-state index in [4.69, 9.17) is 4.52 Å². The number of nitrogens with one attached hydrogen (secondary N) is 1. The molecule has 0 bridgehead atoms. The summed E-state index contributed by atoms with van der Waals surface area (Å²) >= 11 is 1.66. The maximum Gasteiger partial charge on any atom is 0.240 e. The van der Waals surface area contributed by atoms with E-state index in [0.29, 0.717) is 24.3 Å². The Morgan fingerprint density at radius 2 is 2.37 bits per heavy atom. The zero-order valence-corrected chi connectivity index (χ0v) is 11.0. The standard InChI is InChI=1S/C13H12N4OS/c1-2-9(1)14-7-12-16-13(17-18-12)8-5-11-10(15-6-8)3-4-19-11/h3-6,9,14H,1-2,7H2. The topological polar surface area (TPSA) is 63.8 Å². The molecule has 0 radical (unpaired) electrons. The van der Waals surface area contributed by atoms with E-state index >= 15 is 0 Å². The minimum absolute atomic E-state index is 0.607. The third-order valence-electron chi connectivity index (χ3n) is 3.15. The summed E-state index contributed by atoms with van der Waals surface area (Å²) in [6.45, 7) is 0.645. The highest BCUT2D eigenvalue weighted by Gasteiger charge is 2.21. The Labute approximate surface area is 113 Å². The molecule has 6 heteroatoms. The van der Waals surface area contributed by atoms with E-state index in [1.807, 2.05) is 11.4 Å². The van der Waals surface area contributed by atoms with Gasteiger partial charge in [-0.3, -0.25) is 4.98 Å². The Kier molecular flexibility index (Phi) is 2.56. The molecule has 19 heavy (non-hydrogen) atoms. The highest BCUT2D eigenvalue weighted by molar-refractivity contribution is 7.17. The first kappa shape index (κ1) is 11.1. The number of hydrogen-bond acceptors (Lipinski definition) is 6. The lowest BCUT2D eigenvalue weighted by atomic mass is 10.2. The van der Waals surface area contributed by atoms with Crippen LogP contribution in [-0.2, 0) is 6.54 Å². The van der Waals surface area contributed by atoms with Gasteiger partial charge in [-0.2, -0.15) is 4.98 Å². The largest absolute Gasteiger partial charge is 0.338 e. The summed E-state index contributed by atoms with van der Waals surface area (Å²) in [6, 6.07) is 4.69. The highest BCUT2D eigenvalue weighted by Crippen LogP contribution is 2.24.